The van der Waals surface area contributed by atoms with Gasteiger partial charge in [0.2, 0.25) is 6.79 Å². The van der Waals surface area contributed by atoms with Crippen LogP contribution in [0.3, 0.4) is 0 Å². The predicted octanol–water partition coefficient (Wildman–Crippen LogP) is 5.35. The van der Waals surface area contributed by atoms with Gasteiger partial charge in [-0.05, 0) is 29.3 Å². The van der Waals surface area contributed by atoms with Crippen LogP contribution in [-0.4, -0.2) is 23.3 Å². The number of thiophene rings is 1. The standard InChI is InChI=1S/C23H18FN3O2S/c24-18-8-4-7-17(9-18)21-10-20-22(30-21)23(26-14-25-20)27(12-19-13-28-15-29-19)11-16-5-2-1-3-6-16/h1-10,13-14H,11-12,15H2. The Labute approximate surface area is 177 Å². The molecule has 1 aliphatic rings. The molecule has 3 heterocycles. The quantitative estimate of drug-likeness (QED) is 0.422. The first-order valence-electron chi connectivity index (χ1n) is 9.49. The Morgan fingerprint density at radius 3 is 2.70 bits per heavy atom. The van der Waals surface area contributed by atoms with E-state index in [4.69, 9.17) is 9.47 Å². The van der Waals surface area contributed by atoms with E-state index in [2.05, 4.69) is 27.0 Å². The highest BCUT2D eigenvalue weighted by molar-refractivity contribution is 7.22. The second kappa shape index (κ2) is 8.12. The third-order valence-electron chi connectivity index (χ3n) is 4.79. The van der Waals surface area contributed by atoms with E-state index in [0.717, 1.165) is 37.8 Å². The molecule has 1 aliphatic heterocycles. The van der Waals surface area contributed by atoms with E-state index in [1.165, 1.54) is 12.1 Å². The van der Waals surface area contributed by atoms with Crippen LogP contribution in [0.1, 0.15) is 5.56 Å². The van der Waals surface area contributed by atoms with Crippen molar-refractivity contribution in [2.24, 2.45) is 0 Å². The Balaban J connectivity index is 1.56. The zero-order chi connectivity index (χ0) is 20.3. The zero-order valence-electron chi connectivity index (χ0n) is 16.0. The van der Waals surface area contributed by atoms with Gasteiger partial charge >= 0.3 is 0 Å². The summed E-state index contributed by atoms with van der Waals surface area (Å²) in [5.74, 6) is 1.31. The largest absolute Gasteiger partial charge is 0.462 e. The molecule has 2 aromatic carbocycles. The monoisotopic (exact) mass is 419 g/mol. The van der Waals surface area contributed by atoms with Gasteiger partial charge in [-0.2, -0.15) is 0 Å². The first-order chi connectivity index (χ1) is 14.8. The van der Waals surface area contributed by atoms with Crippen molar-refractivity contribution in [1.82, 2.24) is 9.97 Å². The highest BCUT2D eigenvalue weighted by Crippen LogP contribution is 2.37. The van der Waals surface area contributed by atoms with Crippen molar-refractivity contribution in [2.75, 3.05) is 18.2 Å². The summed E-state index contributed by atoms with van der Waals surface area (Å²) >= 11 is 1.56. The van der Waals surface area contributed by atoms with Crippen molar-refractivity contribution < 1.29 is 13.9 Å². The number of anilines is 1. The fraction of sp³-hybridized carbons (Fsp3) is 0.130. The number of halogens is 1. The molecular formula is C23H18FN3O2S. The van der Waals surface area contributed by atoms with Crippen LogP contribution in [0.15, 0.2) is 79.0 Å². The summed E-state index contributed by atoms with van der Waals surface area (Å²) in [6.45, 7) is 1.41. The number of nitrogens with zero attached hydrogens (tertiary/aromatic N) is 3. The number of aromatic nitrogens is 2. The van der Waals surface area contributed by atoms with Gasteiger partial charge in [-0.3, -0.25) is 0 Å². The maximum Gasteiger partial charge on any atom is 0.229 e. The van der Waals surface area contributed by atoms with Crippen molar-refractivity contribution in [3.63, 3.8) is 0 Å². The van der Waals surface area contributed by atoms with E-state index in [0.29, 0.717) is 13.1 Å². The molecule has 0 bridgehead atoms. The second-order valence-electron chi connectivity index (χ2n) is 6.89. The van der Waals surface area contributed by atoms with Gasteiger partial charge in [0.15, 0.2) is 11.6 Å². The number of benzene rings is 2. The third kappa shape index (κ3) is 3.84. The van der Waals surface area contributed by atoms with Gasteiger partial charge in [0.05, 0.1) is 16.8 Å². The summed E-state index contributed by atoms with van der Waals surface area (Å²) in [5.41, 5.74) is 2.82. The molecule has 5 nitrogen and oxygen atoms in total. The molecular weight excluding hydrogens is 401 g/mol. The van der Waals surface area contributed by atoms with E-state index in [1.807, 2.05) is 30.3 Å². The Bertz CT molecular complexity index is 1210. The number of hydrogen-bond donors (Lipinski definition) is 0. The fourth-order valence-electron chi connectivity index (χ4n) is 3.40. The van der Waals surface area contributed by atoms with Gasteiger partial charge in [-0.1, -0.05) is 42.5 Å². The lowest BCUT2D eigenvalue weighted by Gasteiger charge is -2.24. The summed E-state index contributed by atoms with van der Waals surface area (Å²) in [5, 5.41) is 0. The van der Waals surface area contributed by atoms with Crippen LogP contribution in [0.4, 0.5) is 10.2 Å². The summed E-state index contributed by atoms with van der Waals surface area (Å²) in [6, 6.07) is 18.8. The van der Waals surface area contributed by atoms with Crippen molar-refractivity contribution in [3.05, 3.63) is 90.4 Å². The van der Waals surface area contributed by atoms with E-state index in [1.54, 1.807) is 30.0 Å². The molecule has 5 rings (SSSR count). The average Bonchev–Trinajstić information content (AvgIpc) is 3.43. The lowest BCUT2D eigenvalue weighted by Crippen LogP contribution is -2.26. The maximum atomic E-state index is 13.7. The molecule has 0 atom stereocenters. The number of fused-ring (bicyclic) bond motifs is 1. The van der Waals surface area contributed by atoms with Gasteiger partial charge in [0, 0.05) is 11.4 Å². The summed E-state index contributed by atoms with van der Waals surface area (Å²) in [7, 11) is 0. The maximum absolute atomic E-state index is 13.7. The first-order valence-corrected chi connectivity index (χ1v) is 10.3. The van der Waals surface area contributed by atoms with E-state index in [-0.39, 0.29) is 12.6 Å². The summed E-state index contributed by atoms with van der Waals surface area (Å²) < 4.78 is 25.5. The predicted molar refractivity (Wildman–Crippen MR) is 115 cm³/mol. The second-order valence-corrected chi connectivity index (χ2v) is 7.94. The van der Waals surface area contributed by atoms with Gasteiger partial charge in [0.1, 0.15) is 18.4 Å². The molecule has 30 heavy (non-hydrogen) atoms. The molecule has 0 radical (unpaired) electrons. The van der Waals surface area contributed by atoms with Gasteiger partial charge in [-0.15, -0.1) is 11.3 Å². The third-order valence-corrected chi connectivity index (χ3v) is 5.96. The molecule has 0 unspecified atom stereocenters. The molecule has 150 valence electrons. The van der Waals surface area contributed by atoms with Crippen molar-refractivity contribution in [3.8, 4) is 10.4 Å². The number of ether oxygens (including phenoxy) is 2. The smallest absolute Gasteiger partial charge is 0.229 e. The minimum Gasteiger partial charge on any atom is -0.462 e. The Morgan fingerprint density at radius 1 is 1.00 bits per heavy atom. The average molecular weight is 419 g/mol. The topological polar surface area (TPSA) is 47.5 Å². The molecule has 2 aromatic heterocycles. The Morgan fingerprint density at radius 2 is 1.90 bits per heavy atom. The van der Waals surface area contributed by atoms with Crippen molar-refractivity contribution in [1.29, 1.82) is 0 Å². The highest BCUT2D eigenvalue weighted by Gasteiger charge is 2.20. The van der Waals surface area contributed by atoms with Crippen molar-refractivity contribution in [2.45, 2.75) is 6.54 Å². The first kappa shape index (κ1) is 18.6. The van der Waals surface area contributed by atoms with Crippen LogP contribution < -0.4 is 4.90 Å². The molecule has 7 heteroatoms. The van der Waals surface area contributed by atoms with Crippen LogP contribution >= 0.6 is 11.3 Å². The Kier molecular flexibility index (Phi) is 5.03. The SMILES string of the molecule is Fc1cccc(-c2cc3ncnc(N(CC4=COCO4)Cc4ccccc4)c3s2)c1. The van der Waals surface area contributed by atoms with Gasteiger partial charge in [0.25, 0.3) is 0 Å². The highest BCUT2D eigenvalue weighted by atomic mass is 32.1. The van der Waals surface area contributed by atoms with Crippen LogP contribution in [0, 0.1) is 5.82 Å². The van der Waals surface area contributed by atoms with E-state index < -0.39 is 0 Å². The molecule has 0 aliphatic carbocycles. The lowest BCUT2D eigenvalue weighted by molar-refractivity contribution is 0.0797. The minimum absolute atomic E-state index is 0.233. The fourth-order valence-corrected chi connectivity index (χ4v) is 4.53. The molecule has 4 aromatic rings. The molecule has 0 saturated heterocycles. The minimum atomic E-state index is -0.257. The molecule has 0 spiro atoms. The zero-order valence-corrected chi connectivity index (χ0v) is 16.8. The summed E-state index contributed by atoms with van der Waals surface area (Å²) in [4.78, 5) is 12.1. The van der Waals surface area contributed by atoms with E-state index >= 15 is 0 Å². The molecule has 0 N–H and O–H groups in total. The molecule has 0 saturated carbocycles. The van der Waals surface area contributed by atoms with E-state index in [9.17, 15) is 4.39 Å². The normalized spacial score (nSPS) is 13.0. The molecule has 0 fully saturated rings. The number of rotatable bonds is 6. The van der Waals surface area contributed by atoms with Crippen LogP contribution in [0.5, 0.6) is 0 Å². The van der Waals surface area contributed by atoms with Crippen LogP contribution in [-0.2, 0) is 16.0 Å². The van der Waals surface area contributed by atoms with Crippen LogP contribution in [0.25, 0.3) is 20.7 Å². The van der Waals surface area contributed by atoms with Crippen LogP contribution in [0.2, 0.25) is 0 Å². The Hall–Kier alpha value is -3.45. The number of hydrogen-bond acceptors (Lipinski definition) is 6. The lowest BCUT2D eigenvalue weighted by atomic mass is 10.2. The van der Waals surface area contributed by atoms with Gasteiger partial charge in [-0.25, -0.2) is 14.4 Å². The summed E-state index contributed by atoms with van der Waals surface area (Å²) in [6.07, 6.45) is 3.21. The van der Waals surface area contributed by atoms with Crippen molar-refractivity contribution >= 4 is 27.4 Å². The molecule has 0 amide bonds. The van der Waals surface area contributed by atoms with Gasteiger partial charge < -0.3 is 14.4 Å².